The molecule has 4 nitrogen and oxygen atoms in total. The summed E-state index contributed by atoms with van der Waals surface area (Å²) in [5, 5.41) is 12.2. The first kappa shape index (κ1) is 14.1. The summed E-state index contributed by atoms with van der Waals surface area (Å²) < 4.78 is 8.46. The molecule has 2 aromatic carbocycles. The van der Waals surface area contributed by atoms with Crippen molar-refractivity contribution in [3.05, 3.63) is 59.6 Å². The van der Waals surface area contributed by atoms with E-state index in [0.717, 1.165) is 21.0 Å². The Bertz CT molecular complexity index is 728. The molecule has 0 aliphatic carbocycles. The van der Waals surface area contributed by atoms with Crippen LogP contribution in [0.1, 0.15) is 0 Å². The van der Waals surface area contributed by atoms with Crippen molar-refractivity contribution in [1.82, 2.24) is 9.55 Å². The van der Waals surface area contributed by atoms with Crippen LogP contribution in [-0.2, 0) is 6.54 Å². The number of hydrogen-bond acceptors (Lipinski definition) is 3. The number of benzene rings is 2. The quantitative estimate of drug-likeness (QED) is 0.771. The van der Waals surface area contributed by atoms with Gasteiger partial charge in [0.25, 0.3) is 0 Å². The average molecular weight is 347 g/mol. The van der Waals surface area contributed by atoms with E-state index < -0.39 is 6.10 Å². The Morgan fingerprint density at radius 1 is 1.24 bits per heavy atom. The summed E-state index contributed by atoms with van der Waals surface area (Å²) in [5.41, 5.74) is 0. The smallest absolute Gasteiger partial charge is 0.134 e. The van der Waals surface area contributed by atoms with E-state index in [-0.39, 0.29) is 6.61 Å². The maximum Gasteiger partial charge on any atom is 0.134 e. The average Bonchev–Trinajstić information content (AvgIpc) is 3.00. The lowest BCUT2D eigenvalue weighted by atomic mass is 10.1. The lowest BCUT2D eigenvalue weighted by Gasteiger charge is -2.14. The maximum atomic E-state index is 10.00. The summed E-state index contributed by atoms with van der Waals surface area (Å²) in [5.74, 6) is 0.735. The molecular weight excluding hydrogens is 332 g/mol. The molecule has 0 spiro atoms. The lowest BCUT2D eigenvalue weighted by Crippen LogP contribution is -2.23. The third kappa shape index (κ3) is 3.25. The highest BCUT2D eigenvalue weighted by Gasteiger charge is 2.10. The summed E-state index contributed by atoms with van der Waals surface area (Å²) in [7, 11) is 0. The molecule has 0 aliphatic heterocycles. The van der Waals surface area contributed by atoms with Crippen LogP contribution in [0.15, 0.2) is 59.6 Å². The van der Waals surface area contributed by atoms with Crippen LogP contribution in [0.4, 0.5) is 0 Å². The van der Waals surface area contributed by atoms with E-state index in [4.69, 9.17) is 4.74 Å². The summed E-state index contributed by atoms with van der Waals surface area (Å²) in [6.45, 7) is 0.695. The highest BCUT2D eigenvalue weighted by Crippen LogP contribution is 2.33. The molecule has 0 saturated carbocycles. The van der Waals surface area contributed by atoms with Crippen molar-refractivity contribution in [3.8, 4) is 5.75 Å². The highest BCUT2D eigenvalue weighted by atomic mass is 79.9. The number of aliphatic hydroxyl groups excluding tert-OH is 1. The molecule has 21 heavy (non-hydrogen) atoms. The fourth-order valence-corrected chi connectivity index (χ4v) is 2.81. The van der Waals surface area contributed by atoms with E-state index in [2.05, 4.69) is 27.0 Å². The first-order valence-corrected chi connectivity index (χ1v) is 7.47. The van der Waals surface area contributed by atoms with Gasteiger partial charge in [-0.2, -0.15) is 0 Å². The maximum absolute atomic E-state index is 10.00. The molecule has 1 aromatic heterocycles. The van der Waals surface area contributed by atoms with Crippen molar-refractivity contribution in [2.45, 2.75) is 12.6 Å². The molecule has 0 amide bonds. The van der Waals surface area contributed by atoms with Gasteiger partial charge in [-0.25, -0.2) is 4.98 Å². The molecule has 1 N–H and O–H groups in total. The molecular formula is C16H15BrN2O2. The van der Waals surface area contributed by atoms with Crippen LogP contribution >= 0.6 is 15.9 Å². The number of halogens is 1. The third-order valence-electron chi connectivity index (χ3n) is 3.24. The highest BCUT2D eigenvalue weighted by molar-refractivity contribution is 9.10. The number of fused-ring (bicyclic) bond motifs is 1. The monoisotopic (exact) mass is 346 g/mol. The van der Waals surface area contributed by atoms with Gasteiger partial charge in [0.15, 0.2) is 0 Å². The molecule has 0 radical (unpaired) electrons. The van der Waals surface area contributed by atoms with Crippen LogP contribution in [0.25, 0.3) is 10.8 Å². The zero-order chi connectivity index (χ0) is 14.7. The van der Waals surface area contributed by atoms with Gasteiger partial charge in [0, 0.05) is 12.4 Å². The van der Waals surface area contributed by atoms with Gasteiger partial charge in [-0.1, -0.05) is 30.3 Å². The number of rotatable bonds is 5. The van der Waals surface area contributed by atoms with Gasteiger partial charge in [-0.15, -0.1) is 0 Å². The molecule has 3 rings (SSSR count). The molecule has 1 heterocycles. The van der Waals surface area contributed by atoms with Crippen molar-refractivity contribution >= 4 is 26.7 Å². The van der Waals surface area contributed by atoms with Crippen LogP contribution in [0.5, 0.6) is 5.75 Å². The fraction of sp³-hybridized carbons (Fsp3) is 0.188. The first-order chi connectivity index (χ1) is 10.2. The van der Waals surface area contributed by atoms with E-state index >= 15 is 0 Å². The van der Waals surface area contributed by atoms with E-state index in [9.17, 15) is 5.11 Å². The van der Waals surface area contributed by atoms with Crippen LogP contribution in [0.2, 0.25) is 0 Å². The summed E-state index contributed by atoms with van der Waals surface area (Å²) in [4.78, 5) is 3.95. The summed E-state index contributed by atoms with van der Waals surface area (Å²) in [6.07, 6.45) is 4.59. The number of ether oxygens (including phenoxy) is 1. The minimum atomic E-state index is -0.586. The van der Waals surface area contributed by atoms with Gasteiger partial charge in [-0.05, 0) is 32.8 Å². The number of nitrogens with zero attached hydrogens (tertiary/aromatic N) is 2. The van der Waals surface area contributed by atoms with Crippen molar-refractivity contribution in [2.75, 3.05) is 6.61 Å². The second-order valence-corrected chi connectivity index (χ2v) is 5.62. The molecule has 0 fully saturated rings. The number of aliphatic hydroxyl groups is 1. The zero-order valence-electron chi connectivity index (χ0n) is 11.3. The van der Waals surface area contributed by atoms with Gasteiger partial charge in [0.05, 0.1) is 17.3 Å². The van der Waals surface area contributed by atoms with Crippen LogP contribution < -0.4 is 4.74 Å². The molecule has 1 atom stereocenters. The SMILES string of the molecule is O[C@@H](COc1ccc2ccccc2c1Br)Cn1ccnc1. The second-order valence-electron chi connectivity index (χ2n) is 4.82. The minimum Gasteiger partial charge on any atom is -0.490 e. The Hall–Kier alpha value is -1.85. The molecule has 0 bridgehead atoms. The Morgan fingerprint density at radius 3 is 2.90 bits per heavy atom. The number of aromatic nitrogens is 2. The molecule has 108 valence electrons. The molecule has 0 saturated heterocycles. The molecule has 0 unspecified atom stereocenters. The standard InChI is InChI=1S/C16H15BrN2O2/c17-16-14-4-2-1-3-12(14)5-6-15(16)21-10-13(20)9-19-8-7-18-11-19/h1-8,11,13,20H,9-10H2/t13-/m1/s1. The van der Waals surface area contributed by atoms with Crippen LogP contribution in [0, 0.1) is 0 Å². The number of hydrogen-bond donors (Lipinski definition) is 1. The first-order valence-electron chi connectivity index (χ1n) is 6.68. The molecule has 5 heteroatoms. The zero-order valence-corrected chi connectivity index (χ0v) is 12.9. The van der Waals surface area contributed by atoms with Gasteiger partial charge in [-0.3, -0.25) is 0 Å². The van der Waals surface area contributed by atoms with Gasteiger partial charge < -0.3 is 14.4 Å². The predicted octanol–water partition coefficient (Wildman–Crippen LogP) is 3.24. The largest absolute Gasteiger partial charge is 0.490 e. The van der Waals surface area contributed by atoms with Gasteiger partial charge >= 0.3 is 0 Å². The van der Waals surface area contributed by atoms with Crippen LogP contribution in [-0.4, -0.2) is 27.4 Å². The van der Waals surface area contributed by atoms with Crippen LogP contribution in [0.3, 0.4) is 0 Å². The Labute approximate surface area is 131 Å². The van der Waals surface area contributed by atoms with Crippen molar-refractivity contribution in [3.63, 3.8) is 0 Å². The van der Waals surface area contributed by atoms with E-state index in [0.29, 0.717) is 6.54 Å². The van der Waals surface area contributed by atoms with E-state index in [1.807, 2.05) is 41.1 Å². The summed E-state index contributed by atoms with van der Waals surface area (Å²) in [6, 6.07) is 12.0. The molecule has 0 aliphatic rings. The fourth-order valence-electron chi connectivity index (χ4n) is 2.20. The van der Waals surface area contributed by atoms with Crippen molar-refractivity contribution in [1.29, 1.82) is 0 Å². The Morgan fingerprint density at radius 2 is 2.10 bits per heavy atom. The van der Waals surface area contributed by atoms with E-state index in [1.165, 1.54) is 0 Å². The second kappa shape index (κ2) is 6.28. The lowest BCUT2D eigenvalue weighted by molar-refractivity contribution is 0.0922. The van der Waals surface area contributed by atoms with Gasteiger partial charge in [0.2, 0.25) is 0 Å². The number of imidazole rings is 1. The predicted molar refractivity (Wildman–Crippen MR) is 85.4 cm³/mol. The normalized spacial score (nSPS) is 12.5. The van der Waals surface area contributed by atoms with E-state index in [1.54, 1.807) is 12.5 Å². The molecule has 3 aromatic rings. The van der Waals surface area contributed by atoms with Gasteiger partial charge in [0.1, 0.15) is 18.5 Å². The van der Waals surface area contributed by atoms with Crippen molar-refractivity contribution in [2.24, 2.45) is 0 Å². The Kier molecular flexibility index (Phi) is 4.22. The van der Waals surface area contributed by atoms with Crippen molar-refractivity contribution < 1.29 is 9.84 Å². The summed E-state index contributed by atoms with van der Waals surface area (Å²) >= 11 is 3.57. The minimum absolute atomic E-state index is 0.231. The third-order valence-corrected chi connectivity index (χ3v) is 4.06. The Balaban J connectivity index is 1.69. The topological polar surface area (TPSA) is 47.3 Å².